The van der Waals surface area contributed by atoms with Crippen LogP contribution in [0.25, 0.3) is 0 Å². The summed E-state index contributed by atoms with van der Waals surface area (Å²) in [5.41, 5.74) is 16.1. The van der Waals surface area contributed by atoms with Gasteiger partial charge in [0.05, 0.1) is 92.5 Å². The zero-order valence-corrected chi connectivity index (χ0v) is 77.6. The smallest absolute Gasteiger partial charge is 0.317 e. The van der Waals surface area contributed by atoms with Gasteiger partial charge in [0.2, 0.25) is 29.5 Å². The quantitative estimate of drug-likeness (QED) is 0.00930. The molecule has 18 rings (SSSR count). The lowest BCUT2D eigenvalue weighted by Crippen LogP contribution is -2.54. The summed E-state index contributed by atoms with van der Waals surface area (Å²) in [7, 11) is 0. The average Bonchev–Trinajstić information content (AvgIpc) is 1.60. The third-order valence-electron chi connectivity index (χ3n) is 26.8. The van der Waals surface area contributed by atoms with Gasteiger partial charge < -0.3 is 49.8 Å². The van der Waals surface area contributed by atoms with Crippen molar-refractivity contribution in [1.29, 1.82) is 0 Å². The monoisotopic (exact) mass is 1900 g/mol. The number of carboxylic acid groups (broad SMARTS) is 1. The Morgan fingerprint density at radius 1 is 0.439 bits per heavy atom. The van der Waals surface area contributed by atoms with E-state index in [1.165, 1.54) is 24.3 Å². The number of carboxylic acids is 1. The number of carbonyl (C=O) groups is 12. The zero-order chi connectivity index (χ0) is 97.3. The SMILES string of the molecule is CCCOCCNc1ccc2c(c1)C(=O)N(C1CCC(=O)NC1=O)C2=O.O=C(CN1CCN(c2ccc(C(=O)CC3=NCc4ccc(Cc5cc(F)cc(F)c5)cc43)c(CC3CCOCC3)c2)CC1)NCCOCCNc1ccc2c(c1)C(=O)N(C1CCC(=O)NC1=O)C2=O.O=C(O)CN1CCN(c2ccc(C(=O)CC3=NCc4ccc(Cc5cc(F)cc(F)c5)cc43)c(CC3CCOCC3)c2)CC1. The molecule has 139 heavy (non-hydrogen) atoms. The van der Waals surface area contributed by atoms with Crippen LogP contribution in [0.3, 0.4) is 0 Å². The van der Waals surface area contributed by atoms with E-state index in [-0.39, 0.29) is 97.2 Å². The summed E-state index contributed by atoms with van der Waals surface area (Å²) >= 11 is 0. The van der Waals surface area contributed by atoms with Crippen molar-refractivity contribution in [2.45, 2.75) is 128 Å². The molecular formula is C105H113F4N13O17. The van der Waals surface area contributed by atoms with E-state index in [4.69, 9.17) is 34.0 Å². The van der Waals surface area contributed by atoms with Crippen LogP contribution in [0.1, 0.15) is 195 Å². The summed E-state index contributed by atoms with van der Waals surface area (Å²) in [6, 6.07) is 38.9. The van der Waals surface area contributed by atoms with Crippen molar-refractivity contribution >= 4 is 105 Å². The highest BCUT2D eigenvalue weighted by molar-refractivity contribution is 6.25. The highest BCUT2D eigenvalue weighted by Crippen LogP contribution is 2.37. The molecule has 8 aromatic carbocycles. The van der Waals surface area contributed by atoms with Crippen molar-refractivity contribution in [3.05, 3.63) is 258 Å². The number of hydrogen-bond acceptors (Lipinski definition) is 24. The molecule has 2 atom stereocenters. The molecule has 6 saturated heterocycles. The molecule has 6 N–H and O–H groups in total. The standard InChI is InChI=1S/C52H55F2N7O8.C35H37F2N3O4.C18H21N3O5/c53-37-23-34(24-38(54)27-37)21-33-1-2-35-30-57-45(43(35)25-33)29-47(62)41-6-4-40(26-36(41)22-32-9-17-68-18-10-32)60-15-13-59(14-16-60)31-49(64)56-12-20-69-19-11-55-39-3-5-42-44(28-39)52(67)61(51(42)66)46-7-8-48(63)58-50(46)65;36-28-15-25(16-29(37)19-28)13-24-1-2-26-21-38-33(32(26)17-24)20-34(41)31-4-3-30(18-27(31)14-23-5-11-44-12-6-23)40-9-7-39(8-10-40)22-35(42)43;1-2-8-26-9-7-19-11-3-4-12-13(10-11)18(25)21(17(12)24)14-5-6-15(22)20-16(14)23/h1-6,23-28,32,46,55H,7-22,29-31H2,(H,56,64)(H,58,63,65);1-4,15-19,23H,5-14,20-22H2,(H,42,43);3-4,10,14,19H,2,5-9H2,1H3,(H,20,22,23). The van der Waals surface area contributed by atoms with Crippen LogP contribution in [0, 0.1) is 35.1 Å². The lowest BCUT2D eigenvalue weighted by Gasteiger charge is -2.36. The molecule has 8 aromatic rings. The van der Waals surface area contributed by atoms with E-state index in [1.807, 2.05) is 72.5 Å². The Morgan fingerprint density at radius 3 is 1.27 bits per heavy atom. The minimum atomic E-state index is -1.02. The molecule has 728 valence electrons. The maximum absolute atomic E-state index is 14.2. The van der Waals surface area contributed by atoms with Crippen molar-refractivity contribution in [1.82, 2.24) is 35.6 Å². The molecule has 34 heteroatoms. The molecular weight excluding hydrogens is 1790 g/mol. The number of rotatable bonds is 35. The molecule has 10 heterocycles. The molecule has 0 saturated carbocycles. The molecule has 2 unspecified atom stereocenters. The number of nitrogens with zero attached hydrogens (tertiary/aromatic N) is 8. The third-order valence-corrected chi connectivity index (χ3v) is 26.8. The topological polar surface area (TPSA) is 366 Å². The number of aliphatic imine (C=N–C) groups is 2. The second kappa shape index (κ2) is 45.9. The van der Waals surface area contributed by atoms with Gasteiger partial charge in [-0.05, 0) is 236 Å². The van der Waals surface area contributed by atoms with Crippen molar-refractivity contribution in [3.8, 4) is 0 Å². The highest BCUT2D eigenvalue weighted by atomic mass is 19.1. The lowest BCUT2D eigenvalue weighted by atomic mass is 9.87. The minimum Gasteiger partial charge on any atom is -0.480 e. The Kier molecular flexibility index (Phi) is 32.6. The summed E-state index contributed by atoms with van der Waals surface area (Å²) in [5.74, 6) is -6.70. The summed E-state index contributed by atoms with van der Waals surface area (Å²) in [6.45, 7) is 15.0. The molecule has 0 aromatic heterocycles. The number of imide groups is 4. The van der Waals surface area contributed by atoms with Gasteiger partial charge in [-0.1, -0.05) is 31.2 Å². The fourth-order valence-corrected chi connectivity index (χ4v) is 19.6. The minimum absolute atomic E-state index is 0.00173. The summed E-state index contributed by atoms with van der Waals surface area (Å²) in [5, 5.41) is 22.8. The van der Waals surface area contributed by atoms with Gasteiger partial charge in [-0.2, -0.15) is 0 Å². The fourth-order valence-electron chi connectivity index (χ4n) is 19.6. The highest BCUT2D eigenvalue weighted by Gasteiger charge is 2.47. The van der Waals surface area contributed by atoms with Crippen LogP contribution in [0.5, 0.6) is 0 Å². The van der Waals surface area contributed by atoms with E-state index in [2.05, 4.69) is 53.4 Å². The van der Waals surface area contributed by atoms with Crippen molar-refractivity contribution < 1.29 is 99.2 Å². The van der Waals surface area contributed by atoms with Gasteiger partial charge in [-0.15, -0.1) is 0 Å². The maximum atomic E-state index is 14.2. The average molecular weight is 1910 g/mol. The first kappa shape index (κ1) is 98.7. The van der Waals surface area contributed by atoms with Crippen LogP contribution in [0.2, 0.25) is 0 Å². The number of carbonyl (C=O) groups excluding carboxylic acids is 11. The second-order valence-corrected chi connectivity index (χ2v) is 36.6. The van der Waals surface area contributed by atoms with Gasteiger partial charge in [0.15, 0.2) is 11.6 Å². The summed E-state index contributed by atoms with van der Waals surface area (Å²) < 4.78 is 77.7. The first-order valence-corrected chi connectivity index (χ1v) is 47.7. The second-order valence-electron chi connectivity index (χ2n) is 36.6. The van der Waals surface area contributed by atoms with Gasteiger partial charge in [0.1, 0.15) is 35.4 Å². The molecule has 10 aliphatic heterocycles. The maximum Gasteiger partial charge on any atom is 0.317 e. The van der Waals surface area contributed by atoms with E-state index in [1.54, 1.807) is 36.4 Å². The normalized spacial score (nSPS) is 18.4. The Hall–Kier alpha value is -13.4. The number of halogens is 4. The largest absolute Gasteiger partial charge is 0.480 e. The number of benzene rings is 8. The Morgan fingerprint density at radius 2 is 0.849 bits per heavy atom. The lowest BCUT2D eigenvalue weighted by molar-refractivity contribution is -0.139. The fraction of sp³-hybridized carbons (Fsp3) is 0.410. The first-order chi connectivity index (χ1) is 67.3. The number of fused-ring (bicyclic) bond motifs is 4. The van der Waals surface area contributed by atoms with Crippen LogP contribution >= 0.6 is 0 Å². The van der Waals surface area contributed by atoms with Gasteiger partial charge in [-0.25, -0.2) is 17.6 Å². The van der Waals surface area contributed by atoms with E-state index < -0.39 is 82.7 Å². The number of piperidine rings is 2. The number of ether oxygens (including phenoxy) is 4. The van der Waals surface area contributed by atoms with Crippen molar-refractivity contribution in [3.63, 3.8) is 0 Å². The van der Waals surface area contributed by atoms with Gasteiger partial charge >= 0.3 is 5.97 Å². The number of hydrogen-bond donors (Lipinski definition) is 6. The molecule has 9 amide bonds. The molecule has 30 nitrogen and oxygen atoms in total. The third kappa shape index (κ3) is 25.0. The van der Waals surface area contributed by atoms with Gasteiger partial charge in [0.25, 0.3) is 23.6 Å². The number of nitrogens with one attached hydrogen (secondary N) is 5. The summed E-state index contributed by atoms with van der Waals surface area (Å²) in [6.07, 6.45) is 7.77. The molecule has 0 radical (unpaired) electrons. The number of Topliss-reactive ketones (excluding diaryl/α,β-unsaturated/α-hetero) is 2. The van der Waals surface area contributed by atoms with E-state index in [0.717, 1.165) is 174 Å². The number of piperazine rings is 2. The predicted octanol–water partition coefficient (Wildman–Crippen LogP) is 11.1. The first-order valence-electron chi connectivity index (χ1n) is 47.7. The summed E-state index contributed by atoms with van der Waals surface area (Å²) in [4.78, 5) is 171. The zero-order valence-electron chi connectivity index (χ0n) is 77.6. The van der Waals surface area contributed by atoms with Crippen LogP contribution in [-0.2, 0) is 86.5 Å². The molecule has 6 fully saturated rings. The van der Waals surface area contributed by atoms with Crippen LogP contribution < -0.4 is 36.4 Å². The van der Waals surface area contributed by atoms with Crippen molar-refractivity contribution in [2.75, 3.05) is 158 Å². The Balaban J connectivity index is 0.000000169. The van der Waals surface area contributed by atoms with Crippen LogP contribution in [0.15, 0.2) is 156 Å². The molecule has 10 aliphatic rings. The number of anilines is 4. The van der Waals surface area contributed by atoms with E-state index in [0.29, 0.717) is 157 Å². The van der Waals surface area contributed by atoms with E-state index >= 15 is 0 Å². The molecule has 0 spiro atoms. The van der Waals surface area contributed by atoms with Crippen molar-refractivity contribution in [2.24, 2.45) is 21.8 Å². The van der Waals surface area contributed by atoms with Gasteiger partial charge in [-0.3, -0.25) is 97.8 Å². The molecule has 0 bridgehead atoms. The number of ketones is 2. The van der Waals surface area contributed by atoms with Gasteiger partial charge in [0, 0.05) is 175 Å². The number of amides is 9. The van der Waals surface area contributed by atoms with Crippen LogP contribution in [0.4, 0.5) is 40.3 Å². The Bertz CT molecular complexity index is 6060. The van der Waals surface area contributed by atoms with E-state index in [9.17, 15) is 75.1 Å². The van der Waals surface area contributed by atoms with Crippen LogP contribution in [-0.4, -0.2) is 257 Å². The predicted molar refractivity (Wildman–Crippen MR) is 510 cm³/mol. The number of aliphatic carboxylic acids is 1. The molecule has 0 aliphatic carbocycles. The Labute approximate surface area is 802 Å².